The van der Waals surface area contributed by atoms with Gasteiger partial charge in [-0.05, 0) is 24.5 Å². The highest BCUT2D eigenvalue weighted by Crippen LogP contribution is 2.33. The quantitative estimate of drug-likeness (QED) is 0.905. The molecule has 2 aliphatic rings. The molecule has 1 N–H and O–H groups in total. The molecule has 1 aromatic carbocycles. The first-order valence-corrected chi connectivity index (χ1v) is 8.81. The summed E-state index contributed by atoms with van der Waals surface area (Å²) >= 11 is 1.32. The van der Waals surface area contributed by atoms with Crippen LogP contribution in [0, 0.1) is 0 Å². The molecule has 9 heteroatoms. The summed E-state index contributed by atoms with van der Waals surface area (Å²) in [6.45, 7) is 0.733. The van der Waals surface area contributed by atoms with E-state index in [0.717, 1.165) is 30.0 Å². The molecule has 0 radical (unpaired) electrons. The third-order valence-electron chi connectivity index (χ3n) is 4.11. The SMILES string of the molecule is O=C(CC1N=NC(=O)c2ccccc21)Nc1nnc(C2CCCO2)s1. The highest BCUT2D eigenvalue weighted by Gasteiger charge is 2.26. The topological polar surface area (TPSA) is 106 Å². The monoisotopic (exact) mass is 357 g/mol. The van der Waals surface area contributed by atoms with E-state index in [2.05, 4.69) is 25.7 Å². The predicted molar refractivity (Wildman–Crippen MR) is 89.5 cm³/mol. The van der Waals surface area contributed by atoms with Crippen LogP contribution in [0.25, 0.3) is 0 Å². The average molecular weight is 357 g/mol. The van der Waals surface area contributed by atoms with E-state index in [9.17, 15) is 9.59 Å². The summed E-state index contributed by atoms with van der Waals surface area (Å²) in [5, 5.41) is 19.6. The first-order chi connectivity index (χ1) is 12.2. The number of fused-ring (bicyclic) bond motifs is 1. The van der Waals surface area contributed by atoms with E-state index < -0.39 is 6.04 Å². The Morgan fingerprint density at radius 3 is 3.04 bits per heavy atom. The van der Waals surface area contributed by atoms with Gasteiger partial charge >= 0.3 is 0 Å². The van der Waals surface area contributed by atoms with Crippen LogP contribution in [-0.2, 0) is 9.53 Å². The van der Waals surface area contributed by atoms with E-state index in [1.807, 2.05) is 6.07 Å². The number of amides is 2. The molecule has 1 aromatic heterocycles. The summed E-state index contributed by atoms with van der Waals surface area (Å²) in [6, 6.07) is 6.60. The second-order valence-corrected chi connectivity index (χ2v) is 6.83. The van der Waals surface area contributed by atoms with Gasteiger partial charge in [0.25, 0.3) is 5.91 Å². The molecule has 2 aliphatic heterocycles. The zero-order valence-electron chi connectivity index (χ0n) is 13.2. The minimum Gasteiger partial charge on any atom is -0.371 e. The van der Waals surface area contributed by atoms with Crippen LogP contribution in [-0.4, -0.2) is 28.6 Å². The molecule has 4 rings (SSSR count). The molecular formula is C16H15N5O3S. The van der Waals surface area contributed by atoms with Crippen molar-refractivity contribution in [2.75, 3.05) is 11.9 Å². The Morgan fingerprint density at radius 1 is 1.32 bits per heavy atom. The van der Waals surface area contributed by atoms with Crippen molar-refractivity contribution in [3.8, 4) is 0 Å². The van der Waals surface area contributed by atoms with E-state index in [4.69, 9.17) is 4.74 Å². The third-order valence-corrected chi connectivity index (χ3v) is 5.04. The lowest BCUT2D eigenvalue weighted by atomic mass is 9.97. The maximum absolute atomic E-state index is 12.3. The van der Waals surface area contributed by atoms with E-state index >= 15 is 0 Å². The Labute approximate surface area is 147 Å². The number of ether oxygens (including phenoxy) is 1. The smallest absolute Gasteiger partial charge is 0.295 e. The molecular weight excluding hydrogens is 342 g/mol. The number of benzene rings is 1. The van der Waals surface area contributed by atoms with Crippen LogP contribution in [0.1, 0.15) is 52.3 Å². The van der Waals surface area contributed by atoms with E-state index in [0.29, 0.717) is 10.7 Å². The molecule has 0 saturated carbocycles. The third kappa shape index (κ3) is 3.33. The van der Waals surface area contributed by atoms with Gasteiger partial charge < -0.3 is 10.1 Å². The summed E-state index contributed by atoms with van der Waals surface area (Å²) in [6.07, 6.45) is 2.00. The Kier molecular flexibility index (Phi) is 4.33. The van der Waals surface area contributed by atoms with E-state index in [1.165, 1.54) is 11.3 Å². The van der Waals surface area contributed by atoms with Gasteiger partial charge in [0.1, 0.15) is 17.2 Å². The summed E-state index contributed by atoms with van der Waals surface area (Å²) in [7, 11) is 0. The Morgan fingerprint density at radius 2 is 2.20 bits per heavy atom. The van der Waals surface area contributed by atoms with Gasteiger partial charge in [-0.1, -0.05) is 29.5 Å². The first kappa shape index (κ1) is 16.0. The van der Waals surface area contributed by atoms with Gasteiger partial charge in [-0.25, -0.2) is 0 Å². The molecule has 1 fully saturated rings. The summed E-state index contributed by atoms with van der Waals surface area (Å²) in [5.74, 6) is -0.624. The van der Waals surface area contributed by atoms with Crippen molar-refractivity contribution in [2.45, 2.75) is 31.4 Å². The molecule has 1 saturated heterocycles. The molecule has 2 atom stereocenters. The maximum Gasteiger partial charge on any atom is 0.295 e. The minimum atomic E-state index is -0.473. The van der Waals surface area contributed by atoms with Gasteiger partial charge in [0, 0.05) is 12.2 Å². The summed E-state index contributed by atoms with van der Waals surface area (Å²) in [5.41, 5.74) is 1.21. The number of anilines is 1. The molecule has 0 bridgehead atoms. The van der Waals surface area contributed by atoms with Crippen LogP contribution < -0.4 is 5.32 Å². The van der Waals surface area contributed by atoms with Gasteiger partial charge in [0.2, 0.25) is 11.0 Å². The second-order valence-electron chi connectivity index (χ2n) is 5.82. The number of rotatable bonds is 4. The normalized spacial score (nSPS) is 22.0. The summed E-state index contributed by atoms with van der Waals surface area (Å²) < 4.78 is 5.56. The van der Waals surface area contributed by atoms with Gasteiger partial charge in [-0.2, -0.15) is 5.11 Å². The van der Waals surface area contributed by atoms with Crippen LogP contribution in [0.3, 0.4) is 0 Å². The van der Waals surface area contributed by atoms with Crippen LogP contribution in [0.5, 0.6) is 0 Å². The van der Waals surface area contributed by atoms with Crippen molar-refractivity contribution >= 4 is 28.3 Å². The fourth-order valence-corrected chi connectivity index (χ4v) is 3.75. The van der Waals surface area contributed by atoms with Gasteiger partial charge in [0.05, 0.1) is 6.42 Å². The Bertz CT molecular complexity index is 844. The van der Waals surface area contributed by atoms with Crippen molar-refractivity contribution in [3.05, 3.63) is 40.4 Å². The molecule has 0 aliphatic carbocycles. The number of hydrogen-bond donors (Lipinski definition) is 1. The lowest BCUT2D eigenvalue weighted by molar-refractivity contribution is -0.116. The average Bonchev–Trinajstić information content (AvgIpc) is 3.29. The van der Waals surface area contributed by atoms with Crippen LogP contribution in [0.15, 0.2) is 34.5 Å². The van der Waals surface area contributed by atoms with Crippen LogP contribution in [0.2, 0.25) is 0 Å². The highest BCUT2D eigenvalue weighted by atomic mass is 32.1. The van der Waals surface area contributed by atoms with Gasteiger partial charge in [0.15, 0.2) is 0 Å². The number of aromatic nitrogens is 2. The van der Waals surface area contributed by atoms with Gasteiger partial charge in [-0.3, -0.25) is 9.59 Å². The summed E-state index contributed by atoms with van der Waals surface area (Å²) in [4.78, 5) is 24.1. The van der Waals surface area contributed by atoms with E-state index in [1.54, 1.807) is 18.2 Å². The minimum absolute atomic E-state index is 0.0202. The van der Waals surface area contributed by atoms with Crippen molar-refractivity contribution in [1.82, 2.24) is 10.2 Å². The number of nitrogens with one attached hydrogen (secondary N) is 1. The molecule has 2 aromatic rings. The number of azo groups is 1. The van der Waals surface area contributed by atoms with Crippen molar-refractivity contribution in [3.63, 3.8) is 0 Å². The zero-order valence-corrected chi connectivity index (χ0v) is 14.0. The molecule has 3 heterocycles. The Balaban J connectivity index is 1.42. The standard InChI is InChI=1S/C16H15N5O3S/c22-13(17-16-21-20-15(25-16)12-6-3-7-24-12)8-11-9-4-1-2-5-10(9)14(23)19-18-11/h1-2,4-5,11-12H,3,6-8H2,(H,17,21,22). The fourth-order valence-electron chi connectivity index (χ4n) is 2.90. The number of carbonyl (C=O) groups is 2. The Hall–Kier alpha value is -2.52. The van der Waals surface area contributed by atoms with Crippen molar-refractivity contribution < 1.29 is 14.3 Å². The van der Waals surface area contributed by atoms with Crippen molar-refractivity contribution in [2.24, 2.45) is 10.2 Å². The molecule has 2 amide bonds. The van der Waals surface area contributed by atoms with Crippen LogP contribution >= 0.6 is 11.3 Å². The second kappa shape index (κ2) is 6.77. The first-order valence-electron chi connectivity index (χ1n) is 7.99. The van der Waals surface area contributed by atoms with Crippen molar-refractivity contribution in [1.29, 1.82) is 0 Å². The molecule has 0 spiro atoms. The number of nitrogens with zero attached hydrogens (tertiary/aromatic N) is 4. The number of carbonyl (C=O) groups excluding carboxylic acids is 2. The van der Waals surface area contributed by atoms with Crippen LogP contribution in [0.4, 0.5) is 5.13 Å². The predicted octanol–water partition coefficient (Wildman–Crippen LogP) is 3.07. The van der Waals surface area contributed by atoms with Gasteiger partial charge in [-0.15, -0.1) is 15.3 Å². The molecule has 2 unspecified atom stereocenters. The largest absolute Gasteiger partial charge is 0.371 e. The fraction of sp³-hybridized carbons (Fsp3) is 0.375. The number of hydrogen-bond acceptors (Lipinski definition) is 7. The maximum atomic E-state index is 12.3. The molecule has 25 heavy (non-hydrogen) atoms. The molecule has 128 valence electrons. The van der Waals surface area contributed by atoms with E-state index in [-0.39, 0.29) is 24.3 Å². The zero-order chi connectivity index (χ0) is 17.2. The molecule has 8 nitrogen and oxygen atoms in total. The highest BCUT2D eigenvalue weighted by molar-refractivity contribution is 7.15. The lowest BCUT2D eigenvalue weighted by Crippen LogP contribution is -2.18. The lowest BCUT2D eigenvalue weighted by Gasteiger charge is -2.17.